The van der Waals surface area contributed by atoms with Crippen LogP contribution in [-0.4, -0.2) is 31.6 Å². The molecule has 1 atom stereocenters. The highest BCUT2D eigenvalue weighted by Crippen LogP contribution is 2.36. The van der Waals surface area contributed by atoms with E-state index in [0.717, 1.165) is 5.75 Å². The van der Waals surface area contributed by atoms with Gasteiger partial charge in [0.15, 0.2) is 0 Å². The molecule has 0 bridgehead atoms. The molecule has 1 fully saturated rings. The Balaban J connectivity index is 1.91. The quantitative estimate of drug-likeness (QED) is 0.791. The molecule has 2 heteroatoms. The maximum Gasteiger partial charge on any atom is 0.119 e. The van der Waals surface area contributed by atoms with Crippen LogP contribution >= 0.6 is 0 Å². The van der Waals surface area contributed by atoms with Crippen molar-refractivity contribution in [2.75, 3.05) is 20.7 Å². The smallest absolute Gasteiger partial charge is 0.119 e. The van der Waals surface area contributed by atoms with Crippen molar-refractivity contribution in [2.24, 2.45) is 0 Å². The van der Waals surface area contributed by atoms with Crippen LogP contribution in [0.2, 0.25) is 0 Å². The van der Waals surface area contributed by atoms with E-state index in [-0.39, 0.29) is 0 Å². The highest BCUT2D eigenvalue weighted by atomic mass is 16.5. The lowest BCUT2D eigenvalue weighted by molar-refractivity contribution is 0.357. The van der Waals surface area contributed by atoms with Crippen molar-refractivity contribution in [1.82, 2.24) is 4.90 Å². The van der Waals surface area contributed by atoms with Crippen LogP contribution in [0.4, 0.5) is 0 Å². The van der Waals surface area contributed by atoms with Crippen LogP contribution in [0.5, 0.6) is 5.75 Å². The minimum Gasteiger partial charge on any atom is -0.497 e. The Bertz CT molecular complexity index is 478. The van der Waals surface area contributed by atoms with E-state index in [1.165, 1.54) is 48.9 Å². The molecule has 0 amide bonds. The summed E-state index contributed by atoms with van der Waals surface area (Å²) in [7, 11) is 3.97. The van der Waals surface area contributed by atoms with E-state index in [0.29, 0.717) is 6.04 Å². The SMILES string of the molecule is COc1ccc2c(c1)/C(=C/C1CCCN1C)CC2. The first-order valence-corrected chi connectivity index (χ1v) is 6.86. The highest BCUT2D eigenvalue weighted by molar-refractivity contribution is 5.74. The molecule has 1 aliphatic carbocycles. The predicted octanol–water partition coefficient (Wildman–Crippen LogP) is 3.12. The fourth-order valence-corrected chi connectivity index (χ4v) is 3.16. The van der Waals surface area contributed by atoms with Crippen LogP contribution in [0, 0.1) is 0 Å². The van der Waals surface area contributed by atoms with E-state index in [1.54, 1.807) is 7.11 Å². The first-order valence-electron chi connectivity index (χ1n) is 6.86. The zero-order valence-electron chi connectivity index (χ0n) is 11.3. The lowest BCUT2D eigenvalue weighted by Crippen LogP contribution is -2.22. The molecule has 0 saturated carbocycles. The maximum absolute atomic E-state index is 5.34. The predicted molar refractivity (Wildman–Crippen MR) is 74.9 cm³/mol. The Morgan fingerprint density at radius 1 is 1.33 bits per heavy atom. The average molecular weight is 243 g/mol. The number of allylic oxidation sites excluding steroid dienone is 1. The zero-order valence-corrected chi connectivity index (χ0v) is 11.3. The van der Waals surface area contributed by atoms with Crippen LogP contribution in [0.3, 0.4) is 0 Å². The molecule has 2 nitrogen and oxygen atoms in total. The number of likely N-dealkylation sites (tertiary alicyclic amines) is 1. The average Bonchev–Trinajstić information content (AvgIpc) is 2.97. The fourth-order valence-electron chi connectivity index (χ4n) is 3.16. The fraction of sp³-hybridized carbons (Fsp3) is 0.500. The first kappa shape index (κ1) is 11.8. The molecule has 1 saturated heterocycles. The molecular formula is C16H21NO. The summed E-state index contributed by atoms with van der Waals surface area (Å²) in [5.74, 6) is 0.973. The number of nitrogens with zero attached hydrogens (tertiary/aromatic N) is 1. The molecule has 1 aromatic rings. The maximum atomic E-state index is 5.34. The standard InChI is InChI=1S/C16H21NO/c1-17-9-3-4-14(17)10-13-6-5-12-7-8-15(18-2)11-16(12)13/h7-8,10-11,14H,3-6,9H2,1-2H3/b13-10+. The summed E-state index contributed by atoms with van der Waals surface area (Å²) in [6.45, 7) is 1.24. The van der Waals surface area contributed by atoms with Gasteiger partial charge in [0.2, 0.25) is 0 Å². The Labute approximate surface area is 109 Å². The molecule has 0 N–H and O–H groups in total. The van der Waals surface area contributed by atoms with Crippen LogP contribution in [0.15, 0.2) is 24.3 Å². The molecule has 1 aromatic carbocycles. The second-order valence-corrected chi connectivity index (χ2v) is 5.41. The molecule has 0 radical (unpaired) electrons. The number of benzene rings is 1. The number of fused-ring (bicyclic) bond motifs is 1. The van der Waals surface area contributed by atoms with Crippen molar-refractivity contribution < 1.29 is 4.74 Å². The van der Waals surface area contributed by atoms with Crippen molar-refractivity contribution in [2.45, 2.75) is 31.7 Å². The number of ether oxygens (including phenoxy) is 1. The Kier molecular flexibility index (Phi) is 3.13. The largest absolute Gasteiger partial charge is 0.497 e. The molecule has 0 aromatic heterocycles. The first-order chi connectivity index (χ1) is 8.78. The van der Waals surface area contributed by atoms with E-state index in [9.17, 15) is 0 Å². The second kappa shape index (κ2) is 4.77. The molecular weight excluding hydrogens is 222 g/mol. The summed E-state index contributed by atoms with van der Waals surface area (Å²) in [4.78, 5) is 2.46. The van der Waals surface area contributed by atoms with E-state index >= 15 is 0 Å². The van der Waals surface area contributed by atoms with Crippen LogP contribution in [0.1, 0.15) is 30.4 Å². The van der Waals surface area contributed by atoms with E-state index in [1.807, 2.05) is 0 Å². The topological polar surface area (TPSA) is 12.5 Å². The van der Waals surface area contributed by atoms with Gasteiger partial charge in [0.25, 0.3) is 0 Å². The minimum atomic E-state index is 0.636. The van der Waals surface area contributed by atoms with Gasteiger partial charge in [-0.1, -0.05) is 12.1 Å². The van der Waals surface area contributed by atoms with Gasteiger partial charge in [-0.25, -0.2) is 0 Å². The molecule has 18 heavy (non-hydrogen) atoms. The van der Waals surface area contributed by atoms with Crippen molar-refractivity contribution in [1.29, 1.82) is 0 Å². The molecule has 3 rings (SSSR count). The van der Waals surface area contributed by atoms with E-state index in [2.05, 4.69) is 36.2 Å². The van der Waals surface area contributed by atoms with Crippen LogP contribution in [0.25, 0.3) is 5.57 Å². The third-order valence-corrected chi connectivity index (χ3v) is 4.30. The van der Waals surface area contributed by atoms with Gasteiger partial charge in [-0.05, 0) is 68.1 Å². The molecule has 1 aliphatic heterocycles. The number of methoxy groups -OCH3 is 1. The third-order valence-electron chi connectivity index (χ3n) is 4.30. The minimum absolute atomic E-state index is 0.636. The van der Waals surface area contributed by atoms with Crippen molar-refractivity contribution >= 4 is 5.57 Å². The monoisotopic (exact) mass is 243 g/mol. The van der Waals surface area contributed by atoms with Gasteiger partial charge in [-0.3, -0.25) is 4.90 Å². The van der Waals surface area contributed by atoms with Crippen molar-refractivity contribution in [3.8, 4) is 5.75 Å². The van der Waals surface area contributed by atoms with Gasteiger partial charge < -0.3 is 4.74 Å². The summed E-state index contributed by atoms with van der Waals surface area (Å²) in [5, 5.41) is 0. The summed E-state index contributed by atoms with van der Waals surface area (Å²) >= 11 is 0. The molecule has 2 aliphatic rings. The van der Waals surface area contributed by atoms with Gasteiger partial charge in [0.1, 0.15) is 5.75 Å². The Morgan fingerprint density at radius 3 is 2.94 bits per heavy atom. The third kappa shape index (κ3) is 2.05. The number of hydrogen-bond acceptors (Lipinski definition) is 2. The molecule has 96 valence electrons. The number of aryl methyl sites for hydroxylation is 1. The molecule has 1 unspecified atom stereocenters. The van der Waals surface area contributed by atoms with Gasteiger partial charge in [-0.2, -0.15) is 0 Å². The summed E-state index contributed by atoms with van der Waals surface area (Å²) in [5.41, 5.74) is 4.40. The molecule has 0 spiro atoms. The number of rotatable bonds is 2. The summed E-state index contributed by atoms with van der Waals surface area (Å²) < 4.78 is 5.34. The van der Waals surface area contributed by atoms with Crippen molar-refractivity contribution in [3.63, 3.8) is 0 Å². The number of likely N-dealkylation sites (N-methyl/N-ethyl adjacent to an activating group) is 1. The highest BCUT2D eigenvalue weighted by Gasteiger charge is 2.22. The van der Waals surface area contributed by atoms with Gasteiger partial charge in [0.05, 0.1) is 7.11 Å². The lowest BCUT2D eigenvalue weighted by atomic mass is 10.0. The Hall–Kier alpha value is -1.28. The normalized spacial score (nSPS) is 25.7. The molecule has 1 heterocycles. The Morgan fingerprint density at radius 2 is 2.22 bits per heavy atom. The van der Waals surface area contributed by atoms with E-state index < -0.39 is 0 Å². The van der Waals surface area contributed by atoms with Crippen molar-refractivity contribution in [3.05, 3.63) is 35.4 Å². The summed E-state index contributed by atoms with van der Waals surface area (Å²) in [6.07, 6.45) is 7.49. The van der Waals surface area contributed by atoms with Gasteiger partial charge in [-0.15, -0.1) is 0 Å². The van der Waals surface area contributed by atoms with Crippen LogP contribution < -0.4 is 4.74 Å². The second-order valence-electron chi connectivity index (χ2n) is 5.41. The summed E-state index contributed by atoms with van der Waals surface area (Å²) in [6, 6.07) is 7.12. The lowest BCUT2D eigenvalue weighted by Gasteiger charge is -2.16. The number of hydrogen-bond donors (Lipinski definition) is 0. The van der Waals surface area contributed by atoms with Gasteiger partial charge in [0, 0.05) is 6.04 Å². The zero-order chi connectivity index (χ0) is 12.5. The van der Waals surface area contributed by atoms with Gasteiger partial charge >= 0.3 is 0 Å². The van der Waals surface area contributed by atoms with Crippen LogP contribution in [-0.2, 0) is 6.42 Å². The van der Waals surface area contributed by atoms with E-state index in [4.69, 9.17) is 4.74 Å².